The number of ether oxygens (including phenoxy) is 2. The van der Waals surface area contributed by atoms with Gasteiger partial charge >= 0.3 is 0 Å². The average molecular weight is 568 g/mol. The average Bonchev–Trinajstić information content (AvgIpc) is 2.94. The summed E-state index contributed by atoms with van der Waals surface area (Å²) in [5.74, 6) is -1.08. The molecule has 0 aliphatic heterocycles. The molecular weight excluding hydrogens is 540 g/mol. The topological polar surface area (TPSA) is 94.2 Å². The number of hydrogen-bond acceptors (Lipinski definition) is 6. The maximum absolute atomic E-state index is 15.2. The highest BCUT2D eigenvalue weighted by Crippen LogP contribution is 2.34. The van der Waals surface area contributed by atoms with Crippen LogP contribution in [0.3, 0.4) is 0 Å². The van der Waals surface area contributed by atoms with Crippen molar-refractivity contribution in [1.29, 1.82) is 0 Å². The summed E-state index contributed by atoms with van der Waals surface area (Å²) in [6, 6.07) is 11.6. The zero-order valence-electron chi connectivity index (χ0n) is 23.5. The number of ketones is 1. The van der Waals surface area contributed by atoms with Gasteiger partial charge < -0.3 is 14.5 Å². The second-order valence-electron chi connectivity index (χ2n) is 9.96. The van der Waals surface area contributed by atoms with Crippen molar-refractivity contribution in [3.63, 3.8) is 0 Å². The molecule has 3 aromatic heterocycles. The molecule has 0 saturated heterocycles. The van der Waals surface area contributed by atoms with Gasteiger partial charge in [-0.25, -0.2) is 13.8 Å². The highest BCUT2D eigenvalue weighted by atomic mass is 19.1. The van der Waals surface area contributed by atoms with Crippen molar-refractivity contribution < 1.29 is 23.0 Å². The smallest absolute Gasteiger partial charge is 0.221 e. The van der Waals surface area contributed by atoms with E-state index in [1.165, 1.54) is 49.8 Å². The van der Waals surface area contributed by atoms with Gasteiger partial charge in [0.1, 0.15) is 11.3 Å². The van der Waals surface area contributed by atoms with E-state index < -0.39 is 22.8 Å². The molecule has 1 N–H and O–H groups in total. The molecule has 0 aliphatic rings. The number of rotatable bonds is 8. The molecule has 0 saturated carbocycles. The summed E-state index contributed by atoms with van der Waals surface area (Å²) in [6.45, 7) is 9.17. The third kappa shape index (κ3) is 5.41. The van der Waals surface area contributed by atoms with Gasteiger partial charge in [0.05, 0.1) is 18.2 Å². The Bertz CT molecular complexity index is 1950. The Kier molecular flexibility index (Phi) is 7.67. The van der Waals surface area contributed by atoms with Crippen LogP contribution in [-0.2, 0) is 6.42 Å². The number of methoxy groups -OCH3 is 1. The number of H-pyrrole nitrogens is 1. The normalized spacial score (nSPS) is 11.0. The molecule has 0 atom stereocenters. The Morgan fingerprint density at radius 2 is 1.81 bits per heavy atom. The minimum atomic E-state index is -0.698. The van der Waals surface area contributed by atoms with E-state index in [0.717, 1.165) is 5.57 Å². The maximum atomic E-state index is 15.2. The van der Waals surface area contributed by atoms with Crippen LogP contribution >= 0.6 is 0 Å². The van der Waals surface area contributed by atoms with Gasteiger partial charge in [-0.2, -0.15) is 0 Å². The number of aryl methyl sites for hydroxylation is 2. The Morgan fingerprint density at radius 3 is 2.50 bits per heavy atom. The van der Waals surface area contributed by atoms with E-state index in [4.69, 9.17) is 9.47 Å². The van der Waals surface area contributed by atoms with E-state index in [2.05, 4.69) is 21.5 Å². The molecule has 0 amide bonds. The van der Waals surface area contributed by atoms with Gasteiger partial charge in [-0.1, -0.05) is 18.7 Å². The third-order valence-electron chi connectivity index (χ3n) is 6.91. The lowest BCUT2D eigenvalue weighted by Gasteiger charge is -2.13. The first-order valence-corrected chi connectivity index (χ1v) is 13.0. The van der Waals surface area contributed by atoms with Crippen molar-refractivity contribution >= 4 is 22.4 Å². The van der Waals surface area contributed by atoms with E-state index in [1.54, 1.807) is 32.0 Å². The molecule has 0 unspecified atom stereocenters. The molecule has 3 heterocycles. The number of carbonyl (C=O) groups excluding carboxylic acids is 1. The van der Waals surface area contributed by atoms with Crippen LogP contribution in [0.2, 0.25) is 0 Å². The largest absolute Gasteiger partial charge is 0.481 e. The minimum Gasteiger partial charge on any atom is -0.481 e. The summed E-state index contributed by atoms with van der Waals surface area (Å²) in [5.41, 5.74) is 4.09. The first-order valence-electron chi connectivity index (χ1n) is 13.0. The molecule has 0 radical (unpaired) electrons. The van der Waals surface area contributed by atoms with Crippen molar-refractivity contribution in [1.82, 2.24) is 15.0 Å². The zero-order valence-corrected chi connectivity index (χ0v) is 23.5. The molecule has 0 fully saturated rings. The minimum absolute atomic E-state index is 0.0718. The Hall–Kier alpha value is -5.18. The van der Waals surface area contributed by atoms with Gasteiger partial charge in [0.2, 0.25) is 5.88 Å². The highest BCUT2D eigenvalue weighted by Gasteiger charge is 2.20. The number of aromatic nitrogens is 3. The second kappa shape index (κ2) is 11.4. The molecule has 212 valence electrons. The number of halogens is 2. The molecule has 0 spiro atoms. The number of carbonyl (C=O) groups is 1. The monoisotopic (exact) mass is 567 g/mol. The van der Waals surface area contributed by atoms with Crippen LogP contribution < -0.4 is 14.9 Å². The predicted octanol–water partition coefficient (Wildman–Crippen LogP) is 7.14. The van der Waals surface area contributed by atoms with Gasteiger partial charge in [0.25, 0.3) is 0 Å². The van der Waals surface area contributed by atoms with Gasteiger partial charge in [-0.3, -0.25) is 14.6 Å². The number of aromatic amines is 1. The fourth-order valence-corrected chi connectivity index (χ4v) is 4.77. The second-order valence-corrected chi connectivity index (χ2v) is 9.96. The first-order chi connectivity index (χ1) is 20.1. The standard InChI is InChI=1S/C33H27F2N3O4/c1-17(2)23-15-26-31(38-33(23)41-5)29(10-11-36-26)42-28-9-6-20(13-25(28)35)14-27(39)24-16-37-19(4)30(32(24)40)22-8-7-21(34)12-18(22)3/h6-13,15-16H,1,14H2,2-5H3,(H,37,40). The number of benzene rings is 2. The number of Topliss-reactive ketones (excluding diaryl/α,β-unsaturated/α-hetero) is 1. The van der Waals surface area contributed by atoms with Gasteiger partial charge in [-0.05, 0) is 73.4 Å². The summed E-state index contributed by atoms with van der Waals surface area (Å²) in [5, 5.41) is 0. The number of pyridine rings is 3. The molecular formula is C33H27F2N3O4. The van der Waals surface area contributed by atoms with E-state index >= 15 is 4.39 Å². The number of nitrogens with zero attached hydrogens (tertiary/aromatic N) is 2. The van der Waals surface area contributed by atoms with Crippen molar-refractivity contribution in [2.45, 2.75) is 27.2 Å². The number of allylic oxidation sites excluding steroid dienone is 1. The van der Waals surface area contributed by atoms with Gasteiger partial charge in [-0.15, -0.1) is 0 Å². The van der Waals surface area contributed by atoms with E-state index in [0.29, 0.717) is 50.4 Å². The maximum Gasteiger partial charge on any atom is 0.221 e. The van der Waals surface area contributed by atoms with Crippen molar-refractivity contribution in [2.24, 2.45) is 0 Å². The predicted molar refractivity (Wildman–Crippen MR) is 157 cm³/mol. The number of nitrogens with one attached hydrogen (secondary N) is 1. The van der Waals surface area contributed by atoms with E-state index in [9.17, 15) is 14.0 Å². The van der Waals surface area contributed by atoms with Crippen molar-refractivity contribution in [2.75, 3.05) is 7.11 Å². The number of hydrogen-bond donors (Lipinski definition) is 1. The summed E-state index contributed by atoms with van der Waals surface area (Å²) < 4.78 is 40.1. The van der Waals surface area contributed by atoms with Gasteiger partial charge in [0.15, 0.2) is 28.5 Å². The summed E-state index contributed by atoms with van der Waals surface area (Å²) in [6.07, 6.45) is 2.66. The molecule has 0 aliphatic carbocycles. The van der Waals surface area contributed by atoms with Crippen molar-refractivity contribution in [3.8, 4) is 28.5 Å². The van der Waals surface area contributed by atoms with Crippen molar-refractivity contribution in [3.05, 3.63) is 117 Å². The Balaban J connectivity index is 1.41. The van der Waals surface area contributed by atoms with Crippen LogP contribution in [0.4, 0.5) is 8.78 Å². The van der Waals surface area contributed by atoms with Crippen LogP contribution in [0, 0.1) is 25.5 Å². The quantitative estimate of drug-likeness (QED) is 0.200. The lowest BCUT2D eigenvalue weighted by molar-refractivity contribution is 0.0991. The molecule has 7 nitrogen and oxygen atoms in total. The first kappa shape index (κ1) is 28.4. The highest BCUT2D eigenvalue weighted by molar-refractivity contribution is 5.98. The zero-order chi connectivity index (χ0) is 30.1. The van der Waals surface area contributed by atoms with Crippen LogP contribution in [0.1, 0.15) is 39.7 Å². The fourth-order valence-electron chi connectivity index (χ4n) is 4.77. The molecule has 5 rings (SSSR count). The molecule has 0 bridgehead atoms. The van der Waals surface area contributed by atoms with Crippen LogP contribution in [0.25, 0.3) is 27.7 Å². The molecule has 42 heavy (non-hydrogen) atoms. The lowest BCUT2D eigenvalue weighted by atomic mass is 9.95. The van der Waals surface area contributed by atoms with Crippen LogP contribution in [0.5, 0.6) is 17.4 Å². The van der Waals surface area contributed by atoms with E-state index in [1.807, 2.05) is 6.92 Å². The summed E-state index contributed by atoms with van der Waals surface area (Å²) in [7, 11) is 1.49. The Morgan fingerprint density at radius 1 is 1.02 bits per heavy atom. The van der Waals surface area contributed by atoms with Gasteiger partial charge in [0, 0.05) is 41.7 Å². The van der Waals surface area contributed by atoms with E-state index in [-0.39, 0.29) is 23.5 Å². The number of fused-ring (bicyclic) bond motifs is 1. The molecule has 5 aromatic rings. The fraction of sp³-hybridized carbons (Fsp3) is 0.152. The summed E-state index contributed by atoms with van der Waals surface area (Å²) in [4.78, 5) is 38.3. The van der Waals surface area contributed by atoms with Crippen LogP contribution in [0.15, 0.2) is 72.3 Å². The lowest BCUT2D eigenvalue weighted by Crippen LogP contribution is -2.20. The van der Waals surface area contributed by atoms with Crippen LogP contribution in [-0.4, -0.2) is 27.8 Å². The third-order valence-corrected chi connectivity index (χ3v) is 6.91. The molecule has 9 heteroatoms. The summed E-state index contributed by atoms with van der Waals surface area (Å²) >= 11 is 0. The SMILES string of the molecule is C=C(C)c1cc2nccc(Oc3ccc(CC(=O)c4c[nH]c(C)c(-c5ccc(F)cc5C)c4=O)cc3F)c2nc1OC. The Labute approximate surface area is 240 Å². The molecule has 2 aromatic carbocycles.